The van der Waals surface area contributed by atoms with Crippen molar-refractivity contribution in [3.63, 3.8) is 0 Å². The minimum absolute atomic E-state index is 0.0757. The van der Waals surface area contributed by atoms with Crippen LogP contribution in [0.2, 0.25) is 0 Å². The molecule has 5 nitrogen and oxygen atoms in total. The molecule has 1 aliphatic heterocycles. The molecule has 0 bridgehead atoms. The molecule has 2 unspecified atom stereocenters. The molecule has 2 aromatic carbocycles. The SMILES string of the molecule is CC1CC(c2ccccc2)CN1C(=O)NCc1ccc(C(=O)O)cc1. The number of nitrogens with zero attached hydrogens (tertiary/aromatic N) is 1. The summed E-state index contributed by atoms with van der Waals surface area (Å²) in [6.07, 6.45) is 0.963. The second-order valence-corrected chi connectivity index (χ2v) is 6.51. The van der Waals surface area contributed by atoms with Crippen LogP contribution in [0.1, 0.15) is 40.7 Å². The number of nitrogens with one attached hydrogen (secondary N) is 1. The van der Waals surface area contributed by atoms with E-state index in [2.05, 4.69) is 24.4 Å². The summed E-state index contributed by atoms with van der Waals surface area (Å²) in [4.78, 5) is 25.2. The van der Waals surface area contributed by atoms with Gasteiger partial charge in [0.1, 0.15) is 0 Å². The van der Waals surface area contributed by atoms with Crippen LogP contribution in [-0.4, -0.2) is 34.6 Å². The highest BCUT2D eigenvalue weighted by atomic mass is 16.4. The van der Waals surface area contributed by atoms with Gasteiger partial charge in [0.05, 0.1) is 5.56 Å². The first-order valence-corrected chi connectivity index (χ1v) is 8.46. The third kappa shape index (κ3) is 3.99. The molecule has 1 aliphatic rings. The Morgan fingerprint density at radius 2 is 1.80 bits per heavy atom. The van der Waals surface area contributed by atoms with Gasteiger partial charge in [0, 0.05) is 25.0 Å². The lowest BCUT2D eigenvalue weighted by atomic mass is 9.97. The number of amides is 2. The van der Waals surface area contributed by atoms with E-state index >= 15 is 0 Å². The fourth-order valence-corrected chi connectivity index (χ4v) is 3.33. The number of urea groups is 1. The normalized spacial score (nSPS) is 19.6. The fourth-order valence-electron chi connectivity index (χ4n) is 3.33. The molecule has 1 heterocycles. The molecule has 1 fully saturated rings. The molecule has 2 aromatic rings. The number of benzene rings is 2. The van der Waals surface area contributed by atoms with E-state index in [-0.39, 0.29) is 17.6 Å². The number of likely N-dealkylation sites (tertiary alicyclic amines) is 1. The lowest BCUT2D eigenvalue weighted by Gasteiger charge is -2.22. The van der Waals surface area contributed by atoms with E-state index in [9.17, 15) is 9.59 Å². The smallest absolute Gasteiger partial charge is 0.335 e. The van der Waals surface area contributed by atoms with Crippen LogP contribution in [0, 0.1) is 0 Å². The predicted molar refractivity (Wildman–Crippen MR) is 95.6 cm³/mol. The number of hydrogen-bond donors (Lipinski definition) is 2. The number of carbonyl (C=O) groups is 2. The van der Waals surface area contributed by atoms with Crippen molar-refractivity contribution in [3.05, 3.63) is 71.3 Å². The first kappa shape index (κ1) is 17.0. The van der Waals surface area contributed by atoms with E-state index in [1.807, 2.05) is 23.1 Å². The maximum absolute atomic E-state index is 12.5. The Labute approximate surface area is 147 Å². The third-order valence-corrected chi connectivity index (χ3v) is 4.75. The summed E-state index contributed by atoms with van der Waals surface area (Å²) < 4.78 is 0. The van der Waals surface area contributed by atoms with Crippen molar-refractivity contribution in [1.82, 2.24) is 10.2 Å². The van der Waals surface area contributed by atoms with E-state index in [1.54, 1.807) is 24.3 Å². The molecular formula is C20H22N2O3. The van der Waals surface area contributed by atoms with E-state index in [4.69, 9.17) is 5.11 Å². The Bertz CT molecular complexity index is 743. The van der Waals surface area contributed by atoms with Crippen molar-refractivity contribution in [1.29, 1.82) is 0 Å². The van der Waals surface area contributed by atoms with Crippen molar-refractivity contribution < 1.29 is 14.7 Å². The van der Waals surface area contributed by atoms with Crippen molar-refractivity contribution in [2.24, 2.45) is 0 Å². The minimum Gasteiger partial charge on any atom is -0.478 e. The second kappa shape index (κ2) is 7.38. The highest BCUT2D eigenvalue weighted by Crippen LogP contribution is 2.31. The highest BCUT2D eigenvalue weighted by Gasteiger charge is 2.32. The summed E-state index contributed by atoms with van der Waals surface area (Å²) in [7, 11) is 0. The molecular weight excluding hydrogens is 316 g/mol. The predicted octanol–water partition coefficient (Wildman–Crippen LogP) is 3.47. The van der Waals surface area contributed by atoms with Crippen molar-refractivity contribution in [2.75, 3.05) is 6.54 Å². The number of carboxylic acids is 1. The van der Waals surface area contributed by atoms with Crippen LogP contribution in [0.15, 0.2) is 54.6 Å². The molecule has 0 aromatic heterocycles. The summed E-state index contributed by atoms with van der Waals surface area (Å²) in [6.45, 7) is 3.18. The molecule has 2 amide bonds. The van der Waals surface area contributed by atoms with E-state index in [1.165, 1.54) is 5.56 Å². The van der Waals surface area contributed by atoms with Gasteiger partial charge in [-0.2, -0.15) is 0 Å². The zero-order valence-electron chi connectivity index (χ0n) is 14.2. The van der Waals surface area contributed by atoms with Crippen molar-refractivity contribution in [3.8, 4) is 0 Å². The molecule has 5 heteroatoms. The van der Waals surface area contributed by atoms with Gasteiger partial charge in [-0.3, -0.25) is 0 Å². The summed E-state index contributed by atoms with van der Waals surface area (Å²) in [5, 5.41) is 11.8. The minimum atomic E-state index is -0.951. The first-order chi connectivity index (χ1) is 12.0. The molecule has 1 saturated heterocycles. The number of aromatic carboxylic acids is 1. The van der Waals surface area contributed by atoms with Gasteiger partial charge in [-0.1, -0.05) is 42.5 Å². The third-order valence-electron chi connectivity index (χ3n) is 4.75. The molecule has 0 saturated carbocycles. The molecule has 2 atom stereocenters. The summed E-state index contributed by atoms with van der Waals surface area (Å²) in [5.41, 5.74) is 2.40. The monoisotopic (exact) mass is 338 g/mol. The van der Waals surface area contributed by atoms with Crippen LogP contribution in [-0.2, 0) is 6.54 Å². The van der Waals surface area contributed by atoms with E-state index in [0.717, 1.165) is 18.5 Å². The van der Waals surface area contributed by atoms with Crippen molar-refractivity contribution >= 4 is 12.0 Å². The van der Waals surface area contributed by atoms with Gasteiger partial charge in [0.2, 0.25) is 0 Å². The largest absolute Gasteiger partial charge is 0.478 e. The van der Waals surface area contributed by atoms with Gasteiger partial charge >= 0.3 is 12.0 Å². The maximum atomic E-state index is 12.5. The fraction of sp³-hybridized carbons (Fsp3) is 0.300. The van der Waals surface area contributed by atoms with Crippen LogP contribution < -0.4 is 5.32 Å². The van der Waals surface area contributed by atoms with Crippen LogP contribution in [0.5, 0.6) is 0 Å². The van der Waals surface area contributed by atoms with Gasteiger partial charge in [-0.15, -0.1) is 0 Å². The molecule has 0 spiro atoms. The Kier molecular flexibility index (Phi) is 5.03. The van der Waals surface area contributed by atoms with Gasteiger partial charge in [0.15, 0.2) is 0 Å². The lowest BCUT2D eigenvalue weighted by Crippen LogP contribution is -2.41. The first-order valence-electron chi connectivity index (χ1n) is 8.46. The zero-order valence-corrected chi connectivity index (χ0v) is 14.2. The topological polar surface area (TPSA) is 69.6 Å². The Morgan fingerprint density at radius 1 is 1.12 bits per heavy atom. The van der Waals surface area contributed by atoms with Crippen LogP contribution in [0.25, 0.3) is 0 Å². The number of carbonyl (C=O) groups excluding carboxylic acids is 1. The second-order valence-electron chi connectivity index (χ2n) is 6.51. The quantitative estimate of drug-likeness (QED) is 0.897. The van der Waals surface area contributed by atoms with Crippen LogP contribution in [0.3, 0.4) is 0 Å². The maximum Gasteiger partial charge on any atom is 0.335 e. The number of rotatable bonds is 4. The summed E-state index contributed by atoms with van der Waals surface area (Å²) >= 11 is 0. The standard InChI is InChI=1S/C20H22N2O3/c1-14-11-18(16-5-3-2-4-6-16)13-22(14)20(25)21-12-15-7-9-17(10-8-15)19(23)24/h2-10,14,18H,11-13H2,1H3,(H,21,25)(H,23,24). The van der Waals surface area contributed by atoms with Crippen LogP contribution in [0.4, 0.5) is 4.79 Å². The Hall–Kier alpha value is -2.82. The van der Waals surface area contributed by atoms with E-state index in [0.29, 0.717) is 12.5 Å². The highest BCUT2D eigenvalue weighted by molar-refractivity contribution is 5.87. The Balaban J connectivity index is 1.57. The Morgan fingerprint density at radius 3 is 2.44 bits per heavy atom. The van der Waals surface area contributed by atoms with Gasteiger partial charge in [-0.05, 0) is 36.6 Å². The van der Waals surface area contributed by atoms with Gasteiger partial charge in [-0.25, -0.2) is 9.59 Å². The van der Waals surface area contributed by atoms with E-state index < -0.39 is 5.97 Å². The van der Waals surface area contributed by atoms with Gasteiger partial charge < -0.3 is 15.3 Å². The molecule has 2 N–H and O–H groups in total. The summed E-state index contributed by atoms with van der Waals surface area (Å²) in [6, 6.07) is 17.0. The summed E-state index contributed by atoms with van der Waals surface area (Å²) in [5.74, 6) is -0.578. The molecule has 25 heavy (non-hydrogen) atoms. The zero-order chi connectivity index (χ0) is 17.8. The molecule has 0 radical (unpaired) electrons. The van der Waals surface area contributed by atoms with Crippen LogP contribution >= 0.6 is 0 Å². The van der Waals surface area contributed by atoms with Gasteiger partial charge in [0.25, 0.3) is 0 Å². The number of carboxylic acid groups (broad SMARTS) is 1. The average Bonchev–Trinajstić information content (AvgIpc) is 3.02. The molecule has 130 valence electrons. The average molecular weight is 338 g/mol. The number of hydrogen-bond acceptors (Lipinski definition) is 2. The molecule has 3 rings (SSSR count). The molecule has 0 aliphatic carbocycles. The lowest BCUT2D eigenvalue weighted by molar-refractivity contribution is 0.0697. The van der Waals surface area contributed by atoms with Crippen molar-refractivity contribution in [2.45, 2.75) is 31.8 Å².